The minimum Gasteiger partial charge on any atom is -0.444 e. The van der Waals surface area contributed by atoms with Gasteiger partial charge < -0.3 is 19.7 Å². The number of nitrogens with zero attached hydrogens (tertiary/aromatic N) is 6. The predicted molar refractivity (Wildman–Crippen MR) is 144 cm³/mol. The maximum absolute atomic E-state index is 12.6. The Morgan fingerprint density at radius 1 is 1.00 bits per heavy atom. The minimum absolute atomic E-state index is 0.178. The Balaban J connectivity index is 1.16. The Morgan fingerprint density at radius 2 is 1.82 bits per heavy atom. The van der Waals surface area contributed by atoms with Gasteiger partial charge in [0.2, 0.25) is 5.88 Å². The molecule has 1 aromatic carbocycles. The molecule has 10 nitrogen and oxygen atoms in total. The number of hydrogen-bond donors (Lipinski definition) is 1. The van der Waals surface area contributed by atoms with E-state index in [1.165, 1.54) is 6.33 Å². The van der Waals surface area contributed by atoms with Gasteiger partial charge in [0.25, 0.3) is 0 Å². The van der Waals surface area contributed by atoms with E-state index < -0.39 is 5.60 Å². The second kappa shape index (κ2) is 9.13. The van der Waals surface area contributed by atoms with Crippen molar-refractivity contribution in [2.24, 2.45) is 0 Å². The lowest BCUT2D eigenvalue weighted by Gasteiger charge is -2.62. The van der Waals surface area contributed by atoms with Crippen molar-refractivity contribution in [3.63, 3.8) is 0 Å². The van der Waals surface area contributed by atoms with E-state index in [0.717, 1.165) is 35.7 Å². The molecule has 2 fully saturated rings. The number of carbonyl (C=O) groups is 1. The average Bonchev–Trinajstić information content (AvgIpc) is 2.84. The summed E-state index contributed by atoms with van der Waals surface area (Å²) in [7, 11) is 0. The number of para-hydroxylation sites is 1. The first kappa shape index (κ1) is 23.9. The average molecular weight is 512 g/mol. The number of fused-ring (bicyclic) bond motifs is 1. The fraction of sp³-hybridized carbons (Fsp3) is 0.321. The van der Waals surface area contributed by atoms with E-state index in [-0.39, 0.29) is 11.6 Å². The number of hydrogen-bond acceptors (Lipinski definition) is 9. The highest BCUT2D eigenvalue weighted by atomic mass is 16.6. The number of benzene rings is 1. The largest absolute Gasteiger partial charge is 0.444 e. The summed E-state index contributed by atoms with van der Waals surface area (Å²) in [5.41, 5.74) is 1.46. The summed E-state index contributed by atoms with van der Waals surface area (Å²) in [6, 6.07) is 17.1. The SMILES string of the molecule is CC(C)(C)OC(=O)N1CCC12CN(c1ccc3ncnc(Nc4ccc(Oc5ccccc5)nc4)c3n1)C2. The van der Waals surface area contributed by atoms with E-state index in [4.69, 9.17) is 14.5 Å². The van der Waals surface area contributed by atoms with Crippen LogP contribution in [0.15, 0.2) is 67.1 Å². The number of likely N-dealkylation sites (tertiary alicyclic amines) is 1. The van der Waals surface area contributed by atoms with Crippen LogP contribution < -0.4 is 15.0 Å². The van der Waals surface area contributed by atoms with E-state index in [0.29, 0.717) is 30.3 Å². The molecule has 0 radical (unpaired) electrons. The fourth-order valence-electron chi connectivity index (χ4n) is 4.75. The summed E-state index contributed by atoms with van der Waals surface area (Å²) in [5.74, 6) is 2.63. The molecule has 6 rings (SSSR count). The third kappa shape index (κ3) is 4.65. The van der Waals surface area contributed by atoms with Gasteiger partial charge in [-0.3, -0.25) is 4.90 Å². The smallest absolute Gasteiger partial charge is 0.410 e. The molecule has 0 saturated carbocycles. The Bertz CT molecular complexity index is 1470. The molecule has 0 aliphatic carbocycles. The molecule has 0 bridgehead atoms. The van der Waals surface area contributed by atoms with Gasteiger partial charge in [-0.1, -0.05) is 18.2 Å². The Labute approximate surface area is 220 Å². The lowest BCUT2D eigenvalue weighted by Crippen LogP contribution is -2.78. The van der Waals surface area contributed by atoms with Crippen molar-refractivity contribution in [3.05, 3.63) is 67.1 Å². The van der Waals surface area contributed by atoms with Gasteiger partial charge in [-0.25, -0.2) is 24.7 Å². The fourth-order valence-corrected chi connectivity index (χ4v) is 4.75. The monoisotopic (exact) mass is 511 g/mol. The zero-order valence-corrected chi connectivity index (χ0v) is 21.6. The summed E-state index contributed by atoms with van der Waals surface area (Å²) in [5, 5.41) is 3.30. The molecule has 3 aromatic heterocycles. The van der Waals surface area contributed by atoms with Crippen LogP contribution in [0.3, 0.4) is 0 Å². The summed E-state index contributed by atoms with van der Waals surface area (Å²) >= 11 is 0. The standard InChI is InChI=1S/C28H29N7O3/c1-27(2,3)38-26(36)35-14-13-28(35)16-34(17-28)22-11-10-21-24(33-22)25(31-18-30-21)32-19-9-12-23(29-15-19)37-20-7-5-4-6-8-20/h4-12,15,18H,13-14,16-17H2,1-3H3,(H,30,31,32). The number of amides is 1. The summed E-state index contributed by atoms with van der Waals surface area (Å²) < 4.78 is 11.4. The van der Waals surface area contributed by atoms with Gasteiger partial charge >= 0.3 is 6.09 Å². The van der Waals surface area contributed by atoms with Crippen molar-refractivity contribution in [1.29, 1.82) is 0 Å². The van der Waals surface area contributed by atoms with Crippen molar-refractivity contribution in [1.82, 2.24) is 24.8 Å². The molecule has 194 valence electrons. The Hall–Kier alpha value is -4.47. The van der Waals surface area contributed by atoms with Crippen molar-refractivity contribution in [2.75, 3.05) is 29.9 Å². The predicted octanol–water partition coefficient (Wildman–Crippen LogP) is 5.16. The summed E-state index contributed by atoms with van der Waals surface area (Å²) in [4.78, 5) is 34.7. The molecule has 2 aliphatic rings. The first-order valence-corrected chi connectivity index (χ1v) is 12.6. The van der Waals surface area contributed by atoms with E-state index in [2.05, 4.69) is 25.2 Å². The Kier molecular flexibility index (Phi) is 5.74. The lowest BCUT2D eigenvalue weighted by atomic mass is 9.78. The minimum atomic E-state index is -0.509. The van der Waals surface area contributed by atoms with Crippen LogP contribution in [-0.4, -0.2) is 61.7 Å². The maximum atomic E-state index is 12.6. The van der Waals surface area contributed by atoms with Gasteiger partial charge in [-0.05, 0) is 57.5 Å². The van der Waals surface area contributed by atoms with Crippen LogP contribution in [0.5, 0.6) is 11.6 Å². The molecule has 1 spiro atoms. The molecular weight excluding hydrogens is 482 g/mol. The molecule has 1 N–H and O–H groups in total. The van der Waals surface area contributed by atoms with Crippen LogP contribution in [0, 0.1) is 0 Å². The summed E-state index contributed by atoms with van der Waals surface area (Å²) in [6.07, 6.45) is 3.92. The Morgan fingerprint density at radius 3 is 2.50 bits per heavy atom. The van der Waals surface area contributed by atoms with E-state index in [1.54, 1.807) is 12.3 Å². The number of carbonyl (C=O) groups excluding carboxylic acids is 1. The zero-order chi connectivity index (χ0) is 26.3. The number of rotatable bonds is 5. The molecule has 2 aliphatic heterocycles. The van der Waals surface area contributed by atoms with Gasteiger partial charge in [0.15, 0.2) is 5.82 Å². The van der Waals surface area contributed by atoms with Crippen molar-refractivity contribution in [3.8, 4) is 11.6 Å². The van der Waals surface area contributed by atoms with Crippen molar-refractivity contribution in [2.45, 2.75) is 38.3 Å². The van der Waals surface area contributed by atoms with E-state index in [1.807, 2.05) is 74.2 Å². The van der Waals surface area contributed by atoms with Crippen LogP contribution in [0.25, 0.3) is 11.0 Å². The number of nitrogens with one attached hydrogen (secondary N) is 1. The molecular formula is C28H29N7O3. The second-order valence-electron chi connectivity index (χ2n) is 10.6. The third-order valence-corrected chi connectivity index (χ3v) is 6.71. The third-order valence-electron chi connectivity index (χ3n) is 6.71. The normalized spacial score (nSPS) is 16.1. The lowest BCUT2D eigenvalue weighted by molar-refractivity contribution is -0.0562. The highest BCUT2D eigenvalue weighted by Crippen LogP contribution is 2.42. The van der Waals surface area contributed by atoms with Crippen LogP contribution in [-0.2, 0) is 4.74 Å². The highest BCUT2D eigenvalue weighted by Gasteiger charge is 2.56. The summed E-state index contributed by atoms with van der Waals surface area (Å²) in [6.45, 7) is 7.82. The molecule has 0 atom stereocenters. The van der Waals surface area contributed by atoms with Gasteiger partial charge in [-0.2, -0.15) is 0 Å². The second-order valence-corrected chi connectivity index (χ2v) is 10.6. The molecule has 4 aromatic rings. The number of aromatic nitrogens is 4. The molecule has 5 heterocycles. The molecule has 0 unspecified atom stereocenters. The topological polar surface area (TPSA) is 106 Å². The number of anilines is 3. The van der Waals surface area contributed by atoms with E-state index >= 15 is 0 Å². The van der Waals surface area contributed by atoms with E-state index in [9.17, 15) is 4.79 Å². The van der Waals surface area contributed by atoms with Gasteiger partial charge in [-0.15, -0.1) is 0 Å². The van der Waals surface area contributed by atoms with Gasteiger partial charge in [0.05, 0.1) is 22.9 Å². The zero-order valence-electron chi connectivity index (χ0n) is 21.6. The molecule has 1 amide bonds. The van der Waals surface area contributed by atoms with Crippen LogP contribution in [0.2, 0.25) is 0 Å². The quantitative estimate of drug-likeness (QED) is 0.389. The van der Waals surface area contributed by atoms with Gasteiger partial charge in [0, 0.05) is 25.7 Å². The van der Waals surface area contributed by atoms with Crippen LogP contribution in [0.1, 0.15) is 27.2 Å². The molecule has 10 heteroatoms. The molecule has 38 heavy (non-hydrogen) atoms. The molecule has 2 saturated heterocycles. The van der Waals surface area contributed by atoms with Gasteiger partial charge in [0.1, 0.15) is 29.0 Å². The van der Waals surface area contributed by atoms with Crippen LogP contribution in [0.4, 0.5) is 22.1 Å². The maximum Gasteiger partial charge on any atom is 0.410 e. The number of pyridine rings is 2. The van der Waals surface area contributed by atoms with Crippen molar-refractivity contribution >= 4 is 34.4 Å². The van der Waals surface area contributed by atoms with Crippen molar-refractivity contribution < 1.29 is 14.3 Å². The first-order valence-electron chi connectivity index (χ1n) is 12.6. The first-order chi connectivity index (χ1) is 18.3. The number of ether oxygens (including phenoxy) is 2. The highest BCUT2D eigenvalue weighted by molar-refractivity contribution is 5.88. The van der Waals surface area contributed by atoms with Crippen LogP contribution >= 0.6 is 0 Å².